The molecular weight excluding hydrogens is 172 g/mol. The van der Waals surface area contributed by atoms with Crippen molar-refractivity contribution in [1.82, 2.24) is 0 Å². The van der Waals surface area contributed by atoms with Crippen molar-refractivity contribution in [2.24, 2.45) is 5.92 Å². The topological polar surface area (TPSA) is 17.1 Å². The molecule has 2 unspecified atom stereocenters. The first-order chi connectivity index (χ1) is 6.77. The molecule has 1 heteroatoms. The Morgan fingerprint density at radius 2 is 2.00 bits per heavy atom. The highest BCUT2D eigenvalue weighted by atomic mass is 16.1. The van der Waals surface area contributed by atoms with Crippen molar-refractivity contribution >= 4 is 5.78 Å². The number of aryl methyl sites for hydroxylation is 1. The normalized spacial score (nSPS) is 29.1. The first-order valence-electron chi connectivity index (χ1n) is 5.42. The molecule has 0 radical (unpaired) electrons. The van der Waals surface area contributed by atoms with Gasteiger partial charge in [0, 0.05) is 11.5 Å². The fourth-order valence-electron chi connectivity index (χ4n) is 3.06. The first-order valence-corrected chi connectivity index (χ1v) is 5.42. The number of Topliss-reactive ketones (excluding diaryl/α,β-unsaturated/α-hetero) is 1. The van der Waals surface area contributed by atoms with Gasteiger partial charge in [-0.05, 0) is 31.2 Å². The van der Waals surface area contributed by atoms with E-state index in [-0.39, 0.29) is 0 Å². The third-order valence-electron chi connectivity index (χ3n) is 3.72. The minimum absolute atomic E-state index is 0.326. The maximum absolute atomic E-state index is 12.0. The summed E-state index contributed by atoms with van der Waals surface area (Å²) in [4.78, 5) is 12.0. The molecule has 2 atom stereocenters. The zero-order valence-corrected chi connectivity index (χ0v) is 8.42. The maximum Gasteiger partial charge on any atom is 0.166 e. The number of benzene rings is 1. The van der Waals surface area contributed by atoms with Crippen molar-refractivity contribution in [3.05, 3.63) is 34.9 Å². The molecule has 1 nitrogen and oxygen atoms in total. The molecule has 1 aromatic rings. The van der Waals surface area contributed by atoms with Gasteiger partial charge in [0.1, 0.15) is 0 Å². The second-order valence-electron chi connectivity index (χ2n) is 4.60. The monoisotopic (exact) mass is 186 g/mol. The van der Waals surface area contributed by atoms with Crippen LogP contribution in [0.3, 0.4) is 0 Å². The maximum atomic E-state index is 12.0. The van der Waals surface area contributed by atoms with E-state index in [1.807, 2.05) is 6.07 Å². The third kappa shape index (κ3) is 0.927. The Bertz CT molecular complexity index is 406. The van der Waals surface area contributed by atoms with Gasteiger partial charge in [-0.15, -0.1) is 0 Å². The van der Waals surface area contributed by atoms with E-state index in [1.165, 1.54) is 24.0 Å². The molecule has 0 amide bonds. The summed E-state index contributed by atoms with van der Waals surface area (Å²) in [5.74, 6) is 1.28. The molecule has 3 rings (SSSR count). The summed E-state index contributed by atoms with van der Waals surface area (Å²) >= 11 is 0. The van der Waals surface area contributed by atoms with Crippen LogP contribution in [0.15, 0.2) is 18.2 Å². The van der Waals surface area contributed by atoms with Crippen LogP contribution in [-0.4, -0.2) is 5.78 Å². The van der Waals surface area contributed by atoms with Crippen molar-refractivity contribution in [3.8, 4) is 0 Å². The lowest BCUT2D eigenvalue weighted by atomic mass is 9.95. The molecule has 0 spiro atoms. The fourth-order valence-corrected chi connectivity index (χ4v) is 3.06. The molecule has 0 bridgehead atoms. The van der Waals surface area contributed by atoms with Gasteiger partial charge in [0.25, 0.3) is 0 Å². The van der Waals surface area contributed by atoms with E-state index in [1.54, 1.807) is 0 Å². The van der Waals surface area contributed by atoms with E-state index in [0.717, 1.165) is 12.0 Å². The van der Waals surface area contributed by atoms with Gasteiger partial charge in [-0.2, -0.15) is 0 Å². The predicted octanol–water partition coefficient (Wildman–Crippen LogP) is 3.08. The number of hydrogen-bond acceptors (Lipinski definition) is 1. The molecule has 72 valence electrons. The second-order valence-corrected chi connectivity index (χ2v) is 4.60. The number of hydrogen-bond donors (Lipinski definition) is 0. The van der Waals surface area contributed by atoms with Crippen LogP contribution in [-0.2, 0) is 0 Å². The van der Waals surface area contributed by atoms with E-state index in [9.17, 15) is 4.79 Å². The van der Waals surface area contributed by atoms with E-state index in [0.29, 0.717) is 17.6 Å². The van der Waals surface area contributed by atoms with Gasteiger partial charge >= 0.3 is 0 Å². The van der Waals surface area contributed by atoms with Crippen molar-refractivity contribution < 1.29 is 4.79 Å². The summed E-state index contributed by atoms with van der Waals surface area (Å²) in [5, 5.41) is 0. The Hall–Kier alpha value is -1.11. The highest BCUT2D eigenvalue weighted by molar-refractivity contribution is 6.03. The van der Waals surface area contributed by atoms with E-state index >= 15 is 0 Å². The lowest BCUT2D eigenvalue weighted by molar-refractivity contribution is 0.0932. The van der Waals surface area contributed by atoms with Crippen LogP contribution in [0, 0.1) is 12.8 Å². The summed E-state index contributed by atoms with van der Waals surface area (Å²) in [7, 11) is 0. The average Bonchev–Trinajstić information content (AvgIpc) is 2.71. The molecule has 1 aromatic carbocycles. The number of carbonyl (C=O) groups is 1. The molecule has 0 aromatic heterocycles. The van der Waals surface area contributed by atoms with Gasteiger partial charge in [0.2, 0.25) is 0 Å². The molecule has 14 heavy (non-hydrogen) atoms. The number of rotatable bonds is 0. The summed E-state index contributed by atoms with van der Waals surface area (Å²) in [6, 6.07) is 6.28. The Kier molecular flexibility index (Phi) is 1.58. The van der Waals surface area contributed by atoms with Crippen LogP contribution >= 0.6 is 0 Å². The van der Waals surface area contributed by atoms with Gasteiger partial charge in [-0.25, -0.2) is 0 Å². The zero-order chi connectivity index (χ0) is 9.71. The van der Waals surface area contributed by atoms with E-state index in [4.69, 9.17) is 0 Å². The van der Waals surface area contributed by atoms with Crippen LogP contribution in [0.5, 0.6) is 0 Å². The standard InChI is InChI=1S/C13H14O/c1-8-5-6-11-12(7-8)9-3-2-4-10(9)13(11)14/h5-7,9-10H,2-4H2,1H3. The molecule has 1 saturated carbocycles. The van der Waals surface area contributed by atoms with Crippen molar-refractivity contribution in [3.63, 3.8) is 0 Å². The second kappa shape index (κ2) is 2.69. The molecule has 0 aliphatic heterocycles. The zero-order valence-electron chi connectivity index (χ0n) is 8.42. The molecule has 0 N–H and O–H groups in total. The number of fused-ring (bicyclic) bond motifs is 3. The summed E-state index contributed by atoms with van der Waals surface area (Å²) in [6.45, 7) is 2.10. The molecule has 1 fully saturated rings. The Morgan fingerprint density at radius 3 is 2.86 bits per heavy atom. The SMILES string of the molecule is Cc1ccc2c(c1)C1CCCC1C2=O. The van der Waals surface area contributed by atoms with Gasteiger partial charge in [-0.3, -0.25) is 4.79 Å². The van der Waals surface area contributed by atoms with E-state index in [2.05, 4.69) is 19.1 Å². The lowest BCUT2D eigenvalue weighted by Gasteiger charge is -2.07. The van der Waals surface area contributed by atoms with Crippen LogP contribution < -0.4 is 0 Å². The lowest BCUT2D eigenvalue weighted by Crippen LogP contribution is -2.06. The van der Waals surface area contributed by atoms with Crippen LogP contribution in [0.1, 0.15) is 46.7 Å². The minimum Gasteiger partial charge on any atom is -0.294 e. The smallest absolute Gasteiger partial charge is 0.166 e. The van der Waals surface area contributed by atoms with Gasteiger partial charge in [0.15, 0.2) is 5.78 Å². The molecule has 0 heterocycles. The predicted molar refractivity (Wildman–Crippen MR) is 55.6 cm³/mol. The first kappa shape index (κ1) is 8.22. The molecule has 2 aliphatic carbocycles. The van der Waals surface area contributed by atoms with Gasteiger partial charge < -0.3 is 0 Å². The Labute approximate surface area is 84.1 Å². The fraction of sp³-hybridized carbons (Fsp3) is 0.462. The van der Waals surface area contributed by atoms with Crippen LogP contribution in [0.25, 0.3) is 0 Å². The van der Waals surface area contributed by atoms with Gasteiger partial charge in [0.05, 0.1) is 0 Å². The Morgan fingerprint density at radius 1 is 1.21 bits per heavy atom. The number of carbonyl (C=O) groups excluding carboxylic acids is 1. The van der Waals surface area contributed by atoms with E-state index < -0.39 is 0 Å². The van der Waals surface area contributed by atoms with Crippen molar-refractivity contribution in [1.29, 1.82) is 0 Å². The highest BCUT2D eigenvalue weighted by Gasteiger charge is 2.42. The van der Waals surface area contributed by atoms with Crippen molar-refractivity contribution in [2.45, 2.75) is 32.1 Å². The minimum atomic E-state index is 0.326. The van der Waals surface area contributed by atoms with Crippen molar-refractivity contribution in [2.75, 3.05) is 0 Å². The van der Waals surface area contributed by atoms with Gasteiger partial charge in [-0.1, -0.05) is 30.2 Å². The molecule has 2 aliphatic rings. The summed E-state index contributed by atoms with van der Waals surface area (Å²) in [5.41, 5.74) is 3.62. The average molecular weight is 186 g/mol. The molecule has 0 saturated heterocycles. The van der Waals surface area contributed by atoms with Crippen LogP contribution in [0.2, 0.25) is 0 Å². The number of ketones is 1. The Balaban J connectivity index is 2.18. The van der Waals surface area contributed by atoms with Crippen LogP contribution in [0.4, 0.5) is 0 Å². The highest BCUT2D eigenvalue weighted by Crippen LogP contribution is 2.48. The molecular formula is C13H14O. The third-order valence-corrected chi connectivity index (χ3v) is 3.72. The summed E-state index contributed by atoms with van der Waals surface area (Å²) < 4.78 is 0. The largest absolute Gasteiger partial charge is 0.294 e. The summed E-state index contributed by atoms with van der Waals surface area (Å²) in [6.07, 6.45) is 3.55. The quantitative estimate of drug-likeness (QED) is 0.608.